The molecule has 0 saturated carbocycles. The zero-order valence-corrected chi connectivity index (χ0v) is 9.69. The Kier molecular flexibility index (Phi) is 3.25. The van der Waals surface area contributed by atoms with Gasteiger partial charge in [-0.15, -0.1) is 0 Å². The average Bonchev–Trinajstić information content (AvgIpc) is 2.78. The number of benzene rings is 1. The van der Waals surface area contributed by atoms with Crippen LogP contribution in [0.15, 0.2) is 24.3 Å². The molecular weight excluding hydrogens is 202 g/mol. The zero-order chi connectivity index (χ0) is 11.5. The van der Waals surface area contributed by atoms with Gasteiger partial charge in [0.15, 0.2) is 0 Å². The summed E-state index contributed by atoms with van der Waals surface area (Å²) >= 11 is 0. The largest absolute Gasteiger partial charge is 0.468 e. The van der Waals surface area contributed by atoms with Crippen LogP contribution in [0.2, 0.25) is 0 Å². The van der Waals surface area contributed by atoms with Crippen LogP contribution < -0.4 is 5.32 Å². The lowest BCUT2D eigenvalue weighted by Crippen LogP contribution is -2.33. The molecule has 1 aromatic rings. The van der Waals surface area contributed by atoms with Crippen molar-refractivity contribution in [3.63, 3.8) is 0 Å². The molecule has 2 rings (SSSR count). The molecule has 0 radical (unpaired) electrons. The summed E-state index contributed by atoms with van der Waals surface area (Å²) in [7, 11) is 1.43. The van der Waals surface area contributed by atoms with E-state index in [2.05, 4.69) is 36.5 Å². The highest BCUT2D eigenvalue weighted by molar-refractivity contribution is 5.76. The van der Waals surface area contributed by atoms with Gasteiger partial charge in [0.2, 0.25) is 0 Å². The highest BCUT2D eigenvalue weighted by Crippen LogP contribution is 2.26. The van der Waals surface area contributed by atoms with E-state index in [1.807, 2.05) is 0 Å². The van der Waals surface area contributed by atoms with Crippen LogP contribution in [0.4, 0.5) is 0 Å². The Morgan fingerprint density at radius 3 is 2.62 bits per heavy atom. The summed E-state index contributed by atoms with van der Waals surface area (Å²) in [6, 6.07) is 8.57. The monoisotopic (exact) mass is 219 g/mol. The number of methoxy groups -OCH3 is 1. The first kappa shape index (κ1) is 11.1. The first-order chi connectivity index (χ1) is 7.70. The Morgan fingerprint density at radius 1 is 1.31 bits per heavy atom. The van der Waals surface area contributed by atoms with Crippen molar-refractivity contribution in [3.05, 3.63) is 35.4 Å². The number of hydrogen-bond acceptors (Lipinski definition) is 3. The molecule has 3 heteroatoms. The zero-order valence-electron chi connectivity index (χ0n) is 9.69. The van der Waals surface area contributed by atoms with Gasteiger partial charge in [0.1, 0.15) is 6.04 Å². The molecule has 0 aromatic heterocycles. The van der Waals surface area contributed by atoms with Gasteiger partial charge in [-0.3, -0.25) is 10.1 Å². The van der Waals surface area contributed by atoms with Gasteiger partial charge in [0.05, 0.1) is 7.11 Å². The van der Waals surface area contributed by atoms with Gasteiger partial charge in [-0.05, 0) is 25.3 Å². The molecule has 16 heavy (non-hydrogen) atoms. The number of carbonyl (C=O) groups excluding carboxylic acids is 1. The second-order valence-electron chi connectivity index (χ2n) is 4.28. The van der Waals surface area contributed by atoms with Crippen molar-refractivity contribution in [1.82, 2.24) is 5.32 Å². The molecule has 0 aliphatic carbocycles. The molecule has 2 unspecified atom stereocenters. The van der Waals surface area contributed by atoms with E-state index in [1.165, 1.54) is 18.2 Å². The summed E-state index contributed by atoms with van der Waals surface area (Å²) in [5.41, 5.74) is 2.50. The lowest BCUT2D eigenvalue weighted by molar-refractivity contribution is -0.142. The number of hydrogen-bond donors (Lipinski definition) is 1. The smallest absolute Gasteiger partial charge is 0.322 e. The SMILES string of the molecule is COC(=O)C1CCC(c2ccc(C)cc2)N1. The molecule has 1 N–H and O–H groups in total. The van der Waals surface area contributed by atoms with Crippen LogP contribution in [0.25, 0.3) is 0 Å². The minimum Gasteiger partial charge on any atom is -0.468 e. The maximum atomic E-state index is 11.4. The van der Waals surface area contributed by atoms with Gasteiger partial charge in [-0.25, -0.2) is 0 Å². The highest BCUT2D eigenvalue weighted by atomic mass is 16.5. The van der Waals surface area contributed by atoms with Crippen LogP contribution in [0, 0.1) is 6.92 Å². The van der Waals surface area contributed by atoms with E-state index in [0.29, 0.717) is 0 Å². The normalized spacial score (nSPS) is 24.4. The number of ether oxygens (including phenoxy) is 1. The Labute approximate surface area is 95.8 Å². The average molecular weight is 219 g/mol. The molecule has 86 valence electrons. The second kappa shape index (κ2) is 4.66. The van der Waals surface area contributed by atoms with E-state index in [4.69, 9.17) is 4.74 Å². The van der Waals surface area contributed by atoms with Crippen LogP contribution in [0.1, 0.15) is 30.0 Å². The van der Waals surface area contributed by atoms with Crippen LogP contribution in [0.3, 0.4) is 0 Å². The van der Waals surface area contributed by atoms with Gasteiger partial charge in [-0.1, -0.05) is 29.8 Å². The van der Waals surface area contributed by atoms with Gasteiger partial charge < -0.3 is 4.74 Å². The minimum absolute atomic E-state index is 0.142. The number of carbonyl (C=O) groups is 1. The summed E-state index contributed by atoms with van der Waals surface area (Å²) in [6.07, 6.45) is 1.84. The summed E-state index contributed by atoms with van der Waals surface area (Å²) in [5, 5.41) is 3.30. The molecule has 0 spiro atoms. The van der Waals surface area contributed by atoms with E-state index in [1.54, 1.807) is 0 Å². The van der Waals surface area contributed by atoms with Gasteiger partial charge in [-0.2, -0.15) is 0 Å². The van der Waals surface area contributed by atoms with Crippen molar-refractivity contribution in [1.29, 1.82) is 0 Å². The van der Waals surface area contributed by atoms with E-state index < -0.39 is 0 Å². The topological polar surface area (TPSA) is 38.3 Å². The molecule has 1 heterocycles. The first-order valence-corrected chi connectivity index (χ1v) is 5.61. The highest BCUT2D eigenvalue weighted by Gasteiger charge is 2.30. The molecule has 1 fully saturated rings. The van der Waals surface area contributed by atoms with E-state index in [0.717, 1.165) is 12.8 Å². The fraction of sp³-hybridized carbons (Fsp3) is 0.462. The van der Waals surface area contributed by atoms with Crippen LogP contribution >= 0.6 is 0 Å². The predicted molar refractivity (Wildman–Crippen MR) is 62.1 cm³/mol. The summed E-state index contributed by atoms with van der Waals surface area (Å²) < 4.78 is 4.74. The molecule has 1 aromatic carbocycles. The third kappa shape index (κ3) is 2.25. The summed E-state index contributed by atoms with van der Waals surface area (Å²) in [5.74, 6) is -0.158. The number of rotatable bonds is 2. The molecule has 0 amide bonds. The number of nitrogens with one attached hydrogen (secondary N) is 1. The van der Waals surface area contributed by atoms with Crippen molar-refractivity contribution in [2.45, 2.75) is 31.8 Å². The van der Waals surface area contributed by atoms with Gasteiger partial charge >= 0.3 is 5.97 Å². The molecule has 1 aliphatic rings. The lowest BCUT2D eigenvalue weighted by atomic mass is 10.0. The van der Waals surface area contributed by atoms with Gasteiger partial charge in [0.25, 0.3) is 0 Å². The van der Waals surface area contributed by atoms with E-state index in [9.17, 15) is 4.79 Å². The second-order valence-corrected chi connectivity index (χ2v) is 4.28. The van der Waals surface area contributed by atoms with Gasteiger partial charge in [0, 0.05) is 6.04 Å². The van der Waals surface area contributed by atoms with Crippen molar-refractivity contribution < 1.29 is 9.53 Å². The Morgan fingerprint density at radius 2 is 2.00 bits per heavy atom. The molecule has 0 bridgehead atoms. The first-order valence-electron chi connectivity index (χ1n) is 5.61. The standard InChI is InChI=1S/C13H17NO2/c1-9-3-5-10(6-4-9)11-7-8-12(14-11)13(15)16-2/h3-6,11-12,14H,7-8H2,1-2H3. The van der Waals surface area contributed by atoms with Crippen LogP contribution in [-0.2, 0) is 9.53 Å². The Hall–Kier alpha value is -1.35. The Bertz CT molecular complexity index is 372. The lowest BCUT2D eigenvalue weighted by Gasteiger charge is -2.13. The van der Waals surface area contributed by atoms with E-state index in [-0.39, 0.29) is 18.1 Å². The van der Waals surface area contributed by atoms with Crippen molar-refractivity contribution in [2.75, 3.05) is 7.11 Å². The van der Waals surface area contributed by atoms with Crippen molar-refractivity contribution >= 4 is 5.97 Å². The van der Waals surface area contributed by atoms with Crippen LogP contribution in [-0.4, -0.2) is 19.1 Å². The fourth-order valence-corrected chi connectivity index (χ4v) is 2.13. The molecular formula is C13H17NO2. The molecule has 1 saturated heterocycles. The summed E-state index contributed by atoms with van der Waals surface area (Å²) in [4.78, 5) is 11.4. The molecule has 3 nitrogen and oxygen atoms in total. The van der Waals surface area contributed by atoms with Crippen molar-refractivity contribution in [2.24, 2.45) is 0 Å². The van der Waals surface area contributed by atoms with E-state index >= 15 is 0 Å². The number of esters is 1. The maximum absolute atomic E-state index is 11.4. The minimum atomic E-state index is -0.158. The maximum Gasteiger partial charge on any atom is 0.322 e. The Balaban J connectivity index is 2.03. The third-order valence-electron chi connectivity index (χ3n) is 3.11. The predicted octanol–water partition coefficient (Wildman–Crippen LogP) is 1.96. The quantitative estimate of drug-likeness (QED) is 0.773. The molecule has 2 atom stereocenters. The fourth-order valence-electron chi connectivity index (χ4n) is 2.13. The summed E-state index contributed by atoms with van der Waals surface area (Å²) in [6.45, 7) is 2.07. The van der Waals surface area contributed by atoms with Crippen LogP contribution in [0.5, 0.6) is 0 Å². The van der Waals surface area contributed by atoms with Crippen molar-refractivity contribution in [3.8, 4) is 0 Å². The number of aryl methyl sites for hydroxylation is 1. The molecule has 1 aliphatic heterocycles. The third-order valence-corrected chi connectivity index (χ3v) is 3.11.